The molecule has 2 aromatic carbocycles. The van der Waals surface area contributed by atoms with Crippen LogP contribution in [0.5, 0.6) is 0 Å². The summed E-state index contributed by atoms with van der Waals surface area (Å²) in [4.78, 5) is 29.1. The normalized spacial score (nSPS) is 17.0. The Morgan fingerprint density at radius 2 is 1.72 bits per heavy atom. The summed E-state index contributed by atoms with van der Waals surface area (Å²) in [5, 5.41) is 0. The lowest BCUT2D eigenvalue weighted by molar-refractivity contribution is -0.124. The van der Waals surface area contributed by atoms with Crippen molar-refractivity contribution in [3.8, 4) is 0 Å². The largest absolute Gasteiger partial charge is 0.312 e. The van der Waals surface area contributed by atoms with Crippen molar-refractivity contribution in [3.63, 3.8) is 0 Å². The van der Waals surface area contributed by atoms with Crippen LogP contribution in [-0.2, 0) is 9.59 Å². The van der Waals surface area contributed by atoms with Gasteiger partial charge in [-0.3, -0.25) is 9.59 Å². The van der Waals surface area contributed by atoms with E-state index in [1.54, 1.807) is 9.80 Å². The predicted octanol–water partition coefficient (Wildman–Crippen LogP) is 3.71. The smallest absolute Gasteiger partial charge is 0.232 e. The molecule has 130 valence electrons. The molecule has 1 fully saturated rings. The first kappa shape index (κ1) is 17.2. The van der Waals surface area contributed by atoms with Crippen LogP contribution >= 0.6 is 0 Å². The number of nitrogens with zero attached hydrogens (tertiary/aromatic N) is 2. The van der Waals surface area contributed by atoms with Gasteiger partial charge >= 0.3 is 0 Å². The quantitative estimate of drug-likeness (QED) is 0.854. The molecule has 0 aliphatic carbocycles. The van der Waals surface area contributed by atoms with Gasteiger partial charge in [-0.1, -0.05) is 36.4 Å². The van der Waals surface area contributed by atoms with Crippen molar-refractivity contribution in [3.05, 3.63) is 59.7 Å². The molecule has 4 heteroatoms. The Morgan fingerprint density at radius 1 is 1.08 bits per heavy atom. The maximum Gasteiger partial charge on any atom is 0.232 e. The first-order valence-corrected chi connectivity index (χ1v) is 8.76. The number of aryl methyl sites for hydroxylation is 2. The fraction of sp³-hybridized carbons (Fsp3) is 0.333. The highest BCUT2D eigenvalue weighted by Crippen LogP contribution is 2.30. The zero-order valence-electron chi connectivity index (χ0n) is 15.0. The third-order valence-corrected chi connectivity index (χ3v) is 4.87. The first-order chi connectivity index (χ1) is 12.0. The molecule has 0 N–H and O–H groups in total. The lowest BCUT2D eigenvalue weighted by atomic mass is 10.1. The van der Waals surface area contributed by atoms with E-state index in [0.29, 0.717) is 13.1 Å². The zero-order valence-corrected chi connectivity index (χ0v) is 15.0. The van der Waals surface area contributed by atoms with Gasteiger partial charge in [-0.2, -0.15) is 0 Å². The van der Waals surface area contributed by atoms with E-state index in [-0.39, 0.29) is 24.2 Å². The number of anilines is 2. The van der Waals surface area contributed by atoms with Gasteiger partial charge in [0.25, 0.3) is 0 Å². The van der Waals surface area contributed by atoms with Gasteiger partial charge < -0.3 is 9.80 Å². The van der Waals surface area contributed by atoms with Gasteiger partial charge in [0.05, 0.1) is 5.92 Å². The van der Waals surface area contributed by atoms with Crippen molar-refractivity contribution in [2.45, 2.75) is 27.2 Å². The Morgan fingerprint density at radius 3 is 2.36 bits per heavy atom. The summed E-state index contributed by atoms with van der Waals surface area (Å²) < 4.78 is 0. The van der Waals surface area contributed by atoms with E-state index >= 15 is 0 Å². The molecule has 0 bridgehead atoms. The Hall–Kier alpha value is -2.62. The van der Waals surface area contributed by atoms with E-state index < -0.39 is 0 Å². The van der Waals surface area contributed by atoms with Gasteiger partial charge in [-0.05, 0) is 44.0 Å². The Balaban J connectivity index is 1.83. The maximum atomic E-state index is 13.1. The second-order valence-corrected chi connectivity index (χ2v) is 6.56. The van der Waals surface area contributed by atoms with Gasteiger partial charge in [0.15, 0.2) is 0 Å². The van der Waals surface area contributed by atoms with Crippen LogP contribution in [0.25, 0.3) is 0 Å². The van der Waals surface area contributed by atoms with Crippen molar-refractivity contribution in [1.82, 2.24) is 0 Å². The minimum atomic E-state index is -0.299. The van der Waals surface area contributed by atoms with E-state index in [9.17, 15) is 9.59 Å². The van der Waals surface area contributed by atoms with Crippen molar-refractivity contribution in [2.75, 3.05) is 22.9 Å². The summed E-state index contributed by atoms with van der Waals surface area (Å²) in [6.45, 7) is 7.01. The van der Waals surface area contributed by atoms with Gasteiger partial charge in [-0.25, -0.2) is 0 Å². The number of para-hydroxylation sites is 2. The summed E-state index contributed by atoms with van der Waals surface area (Å²) in [5.74, 6) is -0.249. The summed E-state index contributed by atoms with van der Waals surface area (Å²) in [6, 6.07) is 15.7. The molecule has 1 aliphatic rings. The number of carbonyl (C=O) groups excluding carboxylic acids is 2. The van der Waals surface area contributed by atoms with Gasteiger partial charge in [-0.15, -0.1) is 0 Å². The molecule has 1 atom stereocenters. The van der Waals surface area contributed by atoms with E-state index in [1.165, 1.54) is 0 Å². The number of rotatable bonds is 4. The molecule has 4 nitrogen and oxygen atoms in total. The van der Waals surface area contributed by atoms with Gasteiger partial charge in [0.2, 0.25) is 11.8 Å². The van der Waals surface area contributed by atoms with Crippen LogP contribution < -0.4 is 9.80 Å². The molecule has 0 spiro atoms. The van der Waals surface area contributed by atoms with Crippen molar-refractivity contribution >= 4 is 23.2 Å². The number of benzene rings is 2. The Kier molecular flexibility index (Phi) is 4.88. The lowest BCUT2D eigenvalue weighted by Gasteiger charge is -2.26. The Bertz CT molecular complexity index is 800. The summed E-state index contributed by atoms with van der Waals surface area (Å²) in [7, 11) is 0. The number of hydrogen-bond donors (Lipinski definition) is 0. The second kappa shape index (κ2) is 7.09. The summed E-state index contributed by atoms with van der Waals surface area (Å²) in [6.07, 6.45) is 0.273. The van der Waals surface area contributed by atoms with Crippen LogP contribution in [0.1, 0.15) is 24.5 Å². The molecule has 0 saturated carbocycles. The predicted molar refractivity (Wildman–Crippen MR) is 101 cm³/mol. The molecule has 0 radical (unpaired) electrons. The van der Waals surface area contributed by atoms with Crippen LogP contribution in [0.3, 0.4) is 0 Å². The second-order valence-electron chi connectivity index (χ2n) is 6.56. The highest BCUT2D eigenvalue weighted by Gasteiger charge is 2.37. The third kappa shape index (κ3) is 3.29. The van der Waals surface area contributed by atoms with Crippen molar-refractivity contribution < 1.29 is 9.59 Å². The molecule has 2 aromatic rings. The highest BCUT2D eigenvalue weighted by molar-refractivity contribution is 6.04. The standard InChI is InChI=1S/C21H24N2O2/c1-4-22(18-11-7-5-9-15(18)2)21(25)17-13-20(24)23(14-17)19-12-8-6-10-16(19)3/h5-12,17H,4,13-14H2,1-3H3/t17-/m1/s1. The first-order valence-electron chi connectivity index (χ1n) is 8.76. The van der Waals surface area contributed by atoms with Crippen LogP contribution in [0.4, 0.5) is 11.4 Å². The molecule has 3 rings (SSSR count). The minimum Gasteiger partial charge on any atom is -0.312 e. The summed E-state index contributed by atoms with van der Waals surface area (Å²) >= 11 is 0. The van der Waals surface area contributed by atoms with Crippen LogP contribution in [0.2, 0.25) is 0 Å². The highest BCUT2D eigenvalue weighted by atomic mass is 16.2. The van der Waals surface area contributed by atoms with E-state index in [4.69, 9.17) is 0 Å². The molecule has 0 aromatic heterocycles. The average Bonchev–Trinajstić information content (AvgIpc) is 2.99. The molecule has 25 heavy (non-hydrogen) atoms. The maximum absolute atomic E-state index is 13.1. The molecule has 0 unspecified atom stereocenters. The van der Waals surface area contributed by atoms with Crippen LogP contribution in [0, 0.1) is 19.8 Å². The molecular formula is C21H24N2O2. The fourth-order valence-electron chi connectivity index (χ4n) is 3.50. The SMILES string of the molecule is CCN(C(=O)[C@@H]1CC(=O)N(c2ccccc2C)C1)c1ccccc1C. The molecule has 2 amide bonds. The van der Waals surface area contributed by atoms with E-state index in [2.05, 4.69) is 0 Å². The zero-order chi connectivity index (χ0) is 18.0. The molecule has 1 heterocycles. The van der Waals surface area contributed by atoms with Gasteiger partial charge in [0, 0.05) is 30.9 Å². The molecular weight excluding hydrogens is 312 g/mol. The van der Waals surface area contributed by atoms with Crippen molar-refractivity contribution in [2.24, 2.45) is 5.92 Å². The number of carbonyl (C=O) groups is 2. The Labute approximate surface area is 149 Å². The third-order valence-electron chi connectivity index (χ3n) is 4.87. The van der Waals surface area contributed by atoms with Gasteiger partial charge in [0.1, 0.15) is 0 Å². The minimum absolute atomic E-state index is 0.0217. The topological polar surface area (TPSA) is 40.6 Å². The van der Waals surface area contributed by atoms with E-state index in [1.807, 2.05) is 69.3 Å². The average molecular weight is 336 g/mol. The number of amides is 2. The monoisotopic (exact) mass is 336 g/mol. The lowest BCUT2D eigenvalue weighted by Crippen LogP contribution is -2.38. The molecule has 1 saturated heterocycles. The molecule has 1 aliphatic heterocycles. The number of hydrogen-bond acceptors (Lipinski definition) is 2. The van der Waals surface area contributed by atoms with Crippen molar-refractivity contribution in [1.29, 1.82) is 0 Å². The fourth-order valence-corrected chi connectivity index (χ4v) is 3.50. The van der Waals surface area contributed by atoms with E-state index in [0.717, 1.165) is 22.5 Å². The van der Waals surface area contributed by atoms with Crippen LogP contribution in [-0.4, -0.2) is 24.9 Å². The van der Waals surface area contributed by atoms with Crippen LogP contribution in [0.15, 0.2) is 48.5 Å². The summed E-state index contributed by atoms with van der Waals surface area (Å²) in [5.41, 5.74) is 3.95.